The molecule has 0 aromatic heterocycles. The molecule has 0 spiro atoms. The van der Waals surface area contributed by atoms with E-state index >= 15 is 0 Å². The van der Waals surface area contributed by atoms with Gasteiger partial charge in [-0.2, -0.15) is 0 Å². The summed E-state index contributed by atoms with van der Waals surface area (Å²) in [5.41, 5.74) is 1.19. The van der Waals surface area contributed by atoms with E-state index in [1.807, 2.05) is 30.3 Å². The van der Waals surface area contributed by atoms with E-state index in [1.54, 1.807) is 0 Å². The molecule has 0 amide bonds. The molecule has 2 rings (SSSR count). The maximum Gasteiger partial charge on any atom is 0.323 e. The quantitative estimate of drug-likeness (QED) is 0.901. The normalized spacial score (nSPS) is 21.9. The van der Waals surface area contributed by atoms with E-state index in [4.69, 9.17) is 0 Å². The van der Waals surface area contributed by atoms with Crippen molar-refractivity contribution in [2.24, 2.45) is 5.41 Å². The summed E-state index contributed by atoms with van der Waals surface area (Å²) in [6, 6.07) is 10.2. The van der Waals surface area contributed by atoms with Gasteiger partial charge in [0, 0.05) is 11.7 Å². The third kappa shape index (κ3) is 3.28. The van der Waals surface area contributed by atoms with Crippen LogP contribution in [0.15, 0.2) is 30.3 Å². The predicted octanol–water partition coefficient (Wildman–Crippen LogP) is 3.55. The van der Waals surface area contributed by atoms with Crippen molar-refractivity contribution >= 4 is 11.7 Å². The topological polar surface area (TPSA) is 40.5 Å². The number of hydrogen-bond acceptors (Lipinski definition) is 2. The zero-order valence-electron chi connectivity index (χ0n) is 11.8. The highest BCUT2D eigenvalue weighted by Gasteiger charge is 2.37. The van der Waals surface area contributed by atoms with E-state index in [1.165, 1.54) is 19.3 Å². The van der Waals surface area contributed by atoms with Gasteiger partial charge in [0.2, 0.25) is 0 Å². The number of nitrogens with zero attached hydrogens (tertiary/aromatic N) is 1. The lowest BCUT2D eigenvalue weighted by Crippen LogP contribution is -2.49. The third-order valence-corrected chi connectivity index (χ3v) is 4.22. The minimum atomic E-state index is -0.759. The van der Waals surface area contributed by atoms with Gasteiger partial charge in [0.1, 0.15) is 6.54 Å². The summed E-state index contributed by atoms with van der Waals surface area (Å²) in [6.07, 6.45) is 4.69. The highest BCUT2D eigenvalue weighted by Crippen LogP contribution is 2.40. The van der Waals surface area contributed by atoms with Crippen LogP contribution in [0.4, 0.5) is 5.69 Å². The first-order valence-electron chi connectivity index (χ1n) is 7.04. The molecule has 1 fully saturated rings. The fourth-order valence-corrected chi connectivity index (χ4v) is 3.20. The van der Waals surface area contributed by atoms with Crippen molar-refractivity contribution in [1.29, 1.82) is 0 Å². The summed E-state index contributed by atoms with van der Waals surface area (Å²) in [5.74, 6) is -0.759. The van der Waals surface area contributed by atoms with Crippen molar-refractivity contribution in [3.63, 3.8) is 0 Å². The summed E-state index contributed by atoms with van der Waals surface area (Å²) in [7, 11) is 0. The van der Waals surface area contributed by atoms with Crippen LogP contribution in [0.3, 0.4) is 0 Å². The molecule has 1 unspecified atom stereocenters. The first-order valence-corrected chi connectivity index (χ1v) is 7.04. The molecule has 1 aliphatic rings. The lowest BCUT2D eigenvalue weighted by atomic mass is 9.72. The summed E-state index contributed by atoms with van der Waals surface area (Å²) >= 11 is 0. The van der Waals surface area contributed by atoms with Crippen molar-refractivity contribution < 1.29 is 9.90 Å². The van der Waals surface area contributed by atoms with Crippen LogP contribution in [0.2, 0.25) is 0 Å². The van der Waals surface area contributed by atoms with Gasteiger partial charge in [0.15, 0.2) is 0 Å². The largest absolute Gasteiger partial charge is 0.480 e. The minimum absolute atomic E-state index is 0.0815. The average Bonchev–Trinajstić information content (AvgIpc) is 2.37. The van der Waals surface area contributed by atoms with E-state index in [-0.39, 0.29) is 12.0 Å². The van der Waals surface area contributed by atoms with Crippen LogP contribution in [-0.4, -0.2) is 23.7 Å². The predicted molar refractivity (Wildman–Crippen MR) is 77.5 cm³/mol. The second-order valence-corrected chi connectivity index (χ2v) is 6.11. The van der Waals surface area contributed by atoms with Gasteiger partial charge < -0.3 is 10.0 Å². The first kappa shape index (κ1) is 13.9. The molecule has 0 saturated heterocycles. The van der Waals surface area contributed by atoms with Crippen molar-refractivity contribution in [2.75, 3.05) is 11.4 Å². The Morgan fingerprint density at radius 3 is 2.58 bits per heavy atom. The maximum atomic E-state index is 11.2. The molecule has 104 valence electrons. The Morgan fingerprint density at radius 1 is 1.32 bits per heavy atom. The highest BCUT2D eigenvalue weighted by atomic mass is 16.4. The Bertz CT molecular complexity index is 428. The maximum absolute atomic E-state index is 11.2. The summed E-state index contributed by atoms with van der Waals surface area (Å²) in [6.45, 7) is 4.60. The molecule has 1 atom stereocenters. The Morgan fingerprint density at radius 2 is 2.00 bits per heavy atom. The molecule has 1 N–H and O–H groups in total. The molecule has 0 bridgehead atoms. The van der Waals surface area contributed by atoms with E-state index in [0.717, 1.165) is 12.1 Å². The average molecular weight is 261 g/mol. The van der Waals surface area contributed by atoms with Gasteiger partial charge in [-0.05, 0) is 30.4 Å². The molecule has 1 saturated carbocycles. The molecule has 0 heterocycles. The summed E-state index contributed by atoms with van der Waals surface area (Å²) in [5, 5.41) is 9.20. The first-order chi connectivity index (χ1) is 9.00. The van der Waals surface area contributed by atoms with E-state index in [9.17, 15) is 9.90 Å². The van der Waals surface area contributed by atoms with E-state index < -0.39 is 5.97 Å². The van der Waals surface area contributed by atoms with Crippen LogP contribution >= 0.6 is 0 Å². The second-order valence-electron chi connectivity index (χ2n) is 6.11. The summed E-state index contributed by atoms with van der Waals surface area (Å²) in [4.78, 5) is 13.3. The monoisotopic (exact) mass is 261 g/mol. The van der Waals surface area contributed by atoms with Crippen LogP contribution in [0.1, 0.15) is 39.5 Å². The number of hydrogen-bond donors (Lipinski definition) is 1. The Labute approximate surface area is 115 Å². The van der Waals surface area contributed by atoms with Crippen LogP contribution < -0.4 is 4.90 Å². The molecule has 3 heteroatoms. The van der Waals surface area contributed by atoms with Gasteiger partial charge >= 0.3 is 5.97 Å². The van der Waals surface area contributed by atoms with Gasteiger partial charge in [0.25, 0.3) is 0 Å². The molecule has 19 heavy (non-hydrogen) atoms. The van der Waals surface area contributed by atoms with Gasteiger partial charge in [0.05, 0.1) is 0 Å². The molecule has 3 nitrogen and oxygen atoms in total. The number of benzene rings is 1. The number of para-hydroxylation sites is 1. The van der Waals surface area contributed by atoms with Gasteiger partial charge in [-0.1, -0.05) is 44.9 Å². The number of carboxylic acids is 1. The van der Waals surface area contributed by atoms with Gasteiger partial charge in [-0.3, -0.25) is 4.79 Å². The molecule has 0 radical (unpaired) electrons. The number of carboxylic acid groups (broad SMARTS) is 1. The molecule has 1 aliphatic carbocycles. The Hall–Kier alpha value is -1.51. The highest BCUT2D eigenvalue weighted by molar-refractivity contribution is 5.74. The van der Waals surface area contributed by atoms with Crippen LogP contribution in [0.5, 0.6) is 0 Å². The Balaban J connectivity index is 2.29. The molecular weight excluding hydrogens is 238 g/mol. The van der Waals surface area contributed by atoms with Crippen molar-refractivity contribution in [3.05, 3.63) is 30.3 Å². The minimum Gasteiger partial charge on any atom is -0.480 e. The Kier molecular flexibility index (Phi) is 4.13. The fraction of sp³-hybridized carbons (Fsp3) is 0.562. The third-order valence-electron chi connectivity index (χ3n) is 4.22. The lowest BCUT2D eigenvalue weighted by Gasteiger charge is -2.46. The summed E-state index contributed by atoms with van der Waals surface area (Å²) < 4.78 is 0. The van der Waals surface area contributed by atoms with Gasteiger partial charge in [-0.25, -0.2) is 0 Å². The zero-order chi connectivity index (χ0) is 13.9. The molecule has 1 aromatic rings. The van der Waals surface area contributed by atoms with Crippen LogP contribution in [0.25, 0.3) is 0 Å². The van der Waals surface area contributed by atoms with Crippen molar-refractivity contribution in [3.8, 4) is 0 Å². The van der Waals surface area contributed by atoms with Crippen LogP contribution in [0, 0.1) is 5.41 Å². The second kappa shape index (κ2) is 5.64. The smallest absolute Gasteiger partial charge is 0.323 e. The number of anilines is 1. The SMILES string of the molecule is CC1(C)CCCCC1N(CC(=O)O)c1ccccc1. The molecule has 1 aromatic carbocycles. The van der Waals surface area contributed by atoms with Crippen molar-refractivity contribution in [1.82, 2.24) is 0 Å². The zero-order valence-corrected chi connectivity index (χ0v) is 11.8. The van der Waals surface area contributed by atoms with Gasteiger partial charge in [-0.15, -0.1) is 0 Å². The van der Waals surface area contributed by atoms with E-state index in [0.29, 0.717) is 6.04 Å². The lowest BCUT2D eigenvalue weighted by molar-refractivity contribution is -0.135. The number of carbonyl (C=O) groups is 1. The van der Waals surface area contributed by atoms with Crippen LogP contribution in [-0.2, 0) is 4.79 Å². The van der Waals surface area contributed by atoms with Crippen molar-refractivity contribution in [2.45, 2.75) is 45.6 Å². The number of rotatable bonds is 4. The molecular formula is C16H23NO2. The fourth-order valence-electron chi connectivity index (χ4n) is 3.20. The molecule has 0 aliphatic heterocycles. The standard InChI is InChI=1S/C16H23NO2/c1-16(2)11-7-6-10-14(16)17(12-15(18)19)13-8-4-3-5-9-13/h3-5,8-9,14H,6-7,10-12H2,1-2H3,(H,18,19). The van der Waals surface area contributed by atoms with E-state index in [2.05, 4.69) is 18.7 Å². The number of aliphatic carboxylic acids is 1.